The normalized spacial score (nSPS) is 17.2. The number of benzene rings is 1. The van der Waals surface area contributed by atoms with Crippen LogP contribution >= 0.6 is 11.6 Å². The highest BCUT2D eigenvalue weighted by atomic mass is 35.5. The molecule has 1 saturated heterocycles. The molecular formula is C17H18ClN3O4. The Hall–Kier alpha value is -2.51. The quantitative estimate of drug-likeness (QED) is 0.803. The molecule has 3 amide bonds. The molecule has 1 aliphatic rings. The number of carbonyl (C=O) groups is 2. The van der Waals surface area contributed by atoms with Crippen molar-refractivity contribution in [2.24, 2.45) is 0 Å². The molecule has 3 rings (SSSR count). The average Bonchev–Trinajstić information content (AvgIpc) is 3.06. The van der Waals surface area contributed by atoms with Crippen LogP contribution in [0.15, 0.2) is 41.0 Å². The van der Waals surface area contributed by atoms with Crippen LogP contribution in [0.4, 0.5) is 4.79 Å². The van der Waals surface area contributed by atoms with Gasteiger partial charge in [-0.05, 0) is 30.7 Å². The lowest BCUT2D eigenvalue weighted by Crippen LogP contribution is -2.52. The van der Waals surface area contributed by atoms with E-state index in [1.807, 2.05) is 12.1 Å². The van der Waals surface area contributed by atoms with Gasteiger partial charge in [-0.3, -0.25) is 10.2 Å². The molecule has 1 atom stereocenters. The summed E-state index contributed by atoms with van der Waals surface area (Å²) in [5.41, 5.74) is 6.13. The molecule has 1 aliphatic heterocycles. The lowest BCUT2D eigenvalue weighted by molar-refractivity contribution is -0.0158. The van der Waals surface area contributed by atoms with Crippen molar-refractivity contribution in [3.63, 3.8) is 0 Å². The standard InChI is InChI=1S/C17H18ClN3O4/c1-11-14(6-8-24-11)16(22)19-20-17(23)21-7-9-25-15(10-21)12-2-4-13(18)5-3-12/h2-6,8,15H,7,9-10H2,1H3,(H,19,22)(H,20,23)/t15-/m1/s1. The van der Waals surface area contributed by atoms with Gasteiger partial charge in [-0.1, -0.05) is 23.7 Å². The summed E-state index contributed by atoms with van der Waals surface area (Å²) in [4.78, 5) is 25.9. The van der Waals surface area contributed by atoms with Gasteiger partial charge in [0.15, 0.2) is 0 Å². The summed E-state index contributed by atoms with van der Waals surface area (Å²) in [5, 5.41) is 0.645. The van der Waals surface area contributed by atoms with Crippen LogP contribution in [0, 0.1) is 6.92 Å². The van der Waals surface area contributed by atoms with Crippen molar-refractivity contribution in [3.05, 3.63) is 58.5 Å². The molecule has 132 valence electrons. The highest BCUT2D eigenvalue weighted by molar-refractivity contribution is 6.30. The van der Waals surface area contributed by atoms with Gasteiger partial charge >= 0.3 is 6.03 Å². The molecule has 2 aromatic rings. The molecule has 1 aromatic carbocycles. The topological polar surface area (TPSA) is 83.8 Å². The van der Waals surface area contributed by atoms with E-state index in [4.69, 9.17) is 20.8 Å². The molecular weight excluding hydrogens is 346 g/mol. The van der Waals surface area contributed by atoms with Crippen LogP contribution < -0.4 is 10.9 Å². The minimum atomic E-state index is -0.429. The number of urea groups is 1. The van der Waals surface area contributed by atoms with E-state index in [0.717, 1.165) is 5.56 Å². The van der Waals surface area contributed by atoms with Gasteiger partial charge in [0, 0.05) is 11.6 Å². The van der Waals surface area contributed by atoms with E-state index >= 15 is 0 Å². The molecule has 0 aliphatic carbocycles. The molecule has 1 aromatic heterocycles. The third-order valence-electron chi connectivity index (χ3n) is 3.98. The number of carbonyl (C=O) groups excluding carboxylic acids is 2. The fourth-order valence-corrected chi connectivity index (χ4v) is 2.72. The maximum Gasteiger partial charge on any atom is 0.336 e. The first-order chi connectivity index (χ1) is 12.0. The number of morpholine rings is 1. The van der Waals surface area contributed by atoms with Crippen molar-refractivity contribution in [3.8, 4) is 0 Å². The van der Waals surface area contributed by atoms with Crippen LogP contribution in [0.2, 0.25) is 5.02 Å². The number of hydrazine groups is 1. The fraction of sp³-hybridized carbons (Fsp3) is 0.294. The van der Waals surface area contributed by atoms with E-state index in [9.17, 15) is 9.59 Å². The Morgan fingerprint density at radius 3 is 2.64 bits per heavy atom. The van der Waals surface area contributed by atoms with Crippen LogP contribution in [0.5, 0.6) is 0 Å². The SMILES string of the molecule is Cc1occc1C(=O)NNC(=O)N1CCO[C@@H](c2ccc(Cl)cc2)C1. The zero-order valence-corrected chi connectivity index (χ0v) is 14.4. The van der Waals surface area contributed by atoms with E-state index < -0.39 is 11.9 Å². The Balaban J connectivity index is 1.56. The monoisotopic (exact) mass is 363 g/mol. The lowest BCUT2D eigenvalue weighted by Gasteiger charge is -2.33. The number of nitrogens with zero attached hydrogens (tertiary/aromatic N) is 1. The van der Waals surface area contributed by atoms with Crippen LogP contribution in [0.25, 0.3) is 0 Å². The summed E-state index contributed by atoms with van der Waals surface area (Å²) in [6, 6.07) is 8.47. The zero-order chi connectivity index (χ0) is 17.8. The van der Waals surface area contributed by atoms with Crippen LogP contribution in [-0.4, -0.2) is 36.5 Å². The van der Waals surface area contributed by atoms with Crippen molar-refractivity contribution < 1.29 is 18.7 Å². The summed E-state index contributed by atoms with van der Waals surface area (Å²) in [6.07, 6.45) is 1.19. The predicted molar refractivity (Wildman–Crippen MR) is 91.2 cm³/mol. The number of amides is 3. The first kappa shape index (κ1) is 17.3. The minimum Gasteiger partial charge on any atom is -0.469 e. The maximum atomic E-state index is 12.3. The third-order valence-corrected chi connectivity index (χ3v) is 4.23. The van der Waals surface area contributed by atoms with Gasteiger partial charge in [-0.25, -0.2) is 10.2 Å². The lowest BCUT2D eigenvalue weighted by atomic mass is 10.1. The Morgan fingerprint density at radius 1 is 1.20 bits per heavy atom. The molecule has 0 saturated carbocycles. The van der Waals surface area contributed by atoms with Crippen molar-refractivity contribution in [1.29, 1.82) is 0 Å². The second-order valence-electron chi connectivity index (χ2n) is 5.63. The number of halogens is 1. The Kier molecular flexibility index (Phi) is 5.25. The second kappa shape index (κ2) is 7.58. The van der Waals surface area contributed by atoms with Crippen molar-refractivity contribution in [2.75, 3.05) is 19.7 Å². The average molecular weight is 364 g/mol. The fourth-order valence-electron chi connectivity index (χ4n) is 2.59. The van der Waals surface area contributed by atoms with Crippen LogP contribution in [0.1, 0.15) is 27.8 Å². The number of hydrogen-bond acceptors (Lipinski definition) is 4. The van der Waals surface area contributed by atoms with Gasteiger partial charge in [0.2, 0.25) is 0 Å². The molecule has 1 fully saturated rings. The zero-order valence-electron chi connectivity index (χ0n) is 13.6. The highest BCUT2D eigenvalue weighted by Crippen LogP contribution is 2.23. The van der Waals surface area contributed by atoms with E-state index in [0.29, 0.717) is 36.0 Å². The molecule has 7 nitrogen and oxygen atoms in total. The van der Waals surface area contributed by atoms with Crippen LogP contribution in [-0.2, 0) is 4.74 Å². The Labute approximate surface area is 149 Å². The first-order valence-electron chi connectivity index (χ1n) is 7.81. The van der Waals surface area contributed by atoms with Gasteiger partial charge in [0.05, 0.1) is 25.0 Å². The Bertz CT molecular complexity index is 760. The predicted octanol–water partition coefficient (Wildman–Crippen LogP) is 2.67. The molecule has 0 spiro atoms. The van der Waals surface area contributed by atoms with E-state index in [-0.39, 0.29) is 6.10 Å². The van der Waals surface area contributed by atoms with Crippen molar-refractivity contribution in [1.82, 2.24) is 15.8 Å². The highest BCUT2D eigenvalue weighted by Gasteiger charge is 2.25. The number of ether oxygens (including phenoxy) is 1. The number of furan rings is 1. The number of aryl methyl sites for hydroxylation is 1. The molecule has 2 N–H and O–H groups in total. The van der Waals surface area contributed by atoms with Crippen molar-refractivity contribution >= 4 is 23.5 Å². The van der Waals surface area contributed by atoms with Gasteiger partial charge in [0.1, 0.15) is 11.9 Å². The summed E-state index contributed by atoms with van der Waals surface area (Å²) in [6.45, 7) is 2.91. The molecule has 0 unspecified atom stereocenters. The van der Waals surface area contributed by atoms with Crippen LogP contribution in [0.3, 0.4) is 0 Å². The number of rotatable bonds is 2. The van der Waals surface area contributed by atoms with Gasteiger partial charge in [-0.15, -0.1) is 0 Å². The molecule has 8 heteroatoms. The molecule has 25 heavy (non-hydrogen) atoms. The van der Waals surface area contributed by atoms with Crippen molar-refractivity contribution in [2.45, 2.75) is 13.0 Å². The molecule has 2 heterocycles. The van der Waals surface area contributed by atoms with E-state index in [2.05, 4.69) is 10.9 Å². The maximum absolute atomic E-state index is 12.3. The number of nitrogens with one attached hydrogen (secondary N) is 2. The number of hydrogen-bond donors (Lipinski definition) is 2. The smallest absolute Gasteiger partial charge is 0.336 e. The van der Waals surface area contributed by atoms with E-state index in [1.165, 1.54) is 6.26 Å². The minimum absolute atomic E-state index is 0.233. The second-order valence-corrected chi connectivity index (χ2v) is 6.07. The summed E-state index contributed by atoms with van der Waals surface area (Å²) in [5.74, 6) is 0.0584. The van der Waals surface area contributed by atoms with Gasteiger partial charge in [0.25, 0.3) is 5.91 Å². The van der Waals surface area contributed by atoms with E-state index in [1.54, 1.807) is 30.0 Å². The first-order valence-corrected chi connectivity index (χ1v) is 8.19. The van der Waals surface area contributed by atoms with Gasteiger partial charge in [-0.2, -0.15) is 0 Å². The Morgan fingerprint density at radius 2 is 1.96 bits per heavy atom. The largest absolute Gasteiger partial charge is 0.469 e. The molecule has 0 bridgehead atoms. The van der Waals surface area contributed by atoms with Gasteiger partial charge < -0.3 is 14.1 Å². The third kappa shape index (κ3) is 4.12. The summed E-state index contributed by atoms with van der Waals surface area (Å²) in [7, 11) is 0. The molecule has 0 radical (unpaired) electrons. The summed E-state index contributed by atoms with van der Waals surface area (Å²) >= 11 is 5.89. The summed E-state index contributed by atoms with van der Waals surface area (Å²) < 4.78 is 10.8.